The van der Waals surface area contributed by atoms with Crippen LogP contribution in [0.5, 0.6) is 0 Å². The Kier molecular flexibility index (Phi) is 4.57. The van der Waals surface area contributed by atoms with Gasteiger partial charge in [0.15, 0.2) is 0 Å². The molecule has 1 amide bonds. The second kappa shape index (κ2) is 5.72. The molecule has 1 heterocycles. The molecule has 0 aromatic heterocycles. The van der Waals surface area contributed by atoms with Crippen LogP contribution in [0.1, 0.15) is 26.7 Å². The summed E-state index contributed by atoms with van der Waals surface area (Å²) in [4.78, 5) is 11.7. The van der Waals surface area contributed by atoms with Crippen molar-refractivity contribution >= 4 is 5.91 Å². The number of carbonyl (C=O) groups excluding carboxylic acids is 1. The molecule has 0 aliphatic carbocycles. The molecule has 3 atom stereocenters. The van der Waals surface area contributed by atoms with Gasteiger partial charge in [0.1, 0.15) is 0 Å². The van der Waals surface area contributed by atoms with Crippen molar-refractivity contribution in [1.29, 1.82) is 5.26 Å². The standard InChI is InChI=1S/C11H18N2O2/c1-3-10-9(4-5-15-10)11(14)13-7-8(2)6-12/h8-10H,3-5,7H2,1-2H3,(H,13,14). The number of ether oxygens (including phenoxy) is 1. The van der Waals surface area contributed by atoms with E-state index in [0.717, 1.165) is 12.8 Å². The van der Waals surface area contributed by atoms with Crippen molar-refractivity contribution in [3.63, 3.8) is 0 Å². The maximum atomic E-state index is 11.7. The fourth-order valence-corrected chi connectivity index (χ4v) is 1.78. The molecule has 0 aromatic rings. The van der Waals surface area contributed by atoms with Gasteiger partial charge in [-0.1, -0.05) is 6.92 Å². The first-order valence-corrected chi connectivity index (χ1v) is 5.48. The molecule has 3 unspecified atom stereocenters. The highest BCUT2D eigenvalue weighted by Crippen LogP contribution is 2.23. The molecule has 1 aliphatic rings. The van der Waals surface area contributed by atoms with Crippen LogP contribution in [0.25, 0.3) is 0 Å². The lowest BCUT2D eigenvalue weighted by molar-refractivity contribution is -0.126. The molecular weight excluding hydrogens is 192 g/mol. The Balaban J connectivity index is 2.37. The van der Waals surface area contributed by atoms with E-state index in [4.69, 9.17) is 10.00 Å². The predicted octanol–water partition coefficient (Wildman–Crippen LogP) is 1.08. The molecule has 0 spiro atoms. The minimum absolute atomic E-state index is 0.0270. The van der Waals surface area contributed by atoms with Crippen LogP contribution in [0, 0.1) is 23.2 Å². The quantitative estimate of drug-likeness (QED) is 0.755. The molecule has 1 saturated heterocycles. The lowest BCUT2D eigenvalue weighted by atomic mass is 9.98. The normalized spacial score (nSPS) is 27.0. The van der Waals surface area contributed by atoms with Gasteiger partial charge in [-0.25, -0.2) is 0 Å². The predicted molar refractivity (Wildman–Crippen MR) is 55.9 cm³/mol. The van der Waals surface area contributed by atoms with E-state index in [1.54, 1.807) is 6.92 Å². The molecule has 1 N–H and O–H groups in total. The number of hydrogen-bond donors (Lipinski definition) is 1. The fourth-order valence-electron chi connectivity index (χ4n) is 1.78. The van der Waals surface area contributed by atoms with Gasteiger partial charge in [-0.15, -0.1) is 0 Å². The van der Waals surface area contributed by atoms with Crippen molar-refractivity contribution in [2.75, 3.05) is 13.2 Å². The monoisotopic (exact) mass is 210 g/mol. The maximum Gasteiger partial charge on any atom is 0.225 e. The minimum atomic E-state index is -0.128. The van der Waals surface area contributed by atoms with E-state index < -0.39 is 0 Å². The minimum Gasteiger partial charge on any atom is -0.377 e. The summed E-state index contributed by atoms with van der Waals surface area (Å²) in [6.07, 6.45) is 1.72. The zero-order chi connectivity index (χ0) is 11.3. The lowest BCUT2D eigenvalue weighted by Gasteiger charge is -2.16. The summed E-state index contributed by atoms with van der Waals surface area (Å²) in [5, 5.41) is 11.4. The molecule has 1 fully saturated rings. The number of amides is 1. The molecule has 0 saturated carbocycles. The van der Waals surface area contributed by atoms with Gasteiger partial charge in [-0.3, -0.25) is 4.79 Å². The molecule has 4 nitrogen and oxygen atoms in total. The van der Waals surface area contributed by atoms with Crippen LogP contribution in [0.15, 0.2) is 0 Å². The van der Waals surface area contributed by atoms with Gasteiger partial charge in [-0.2, -0.15) is 5.26 Å². The van der Waals surface area contributed by atoms with Crippen molar-refractivity contribution in [3.05, 3.63) is 0 Å². The first-order valence-electron chi connectivity index (χ1n) is 5.48. The number of nitrogens with one attached hydrogen (secondary N) is 1. The van der Waals surface area contributed by atoms with Gasteiger partial charge in [0.25, 0.3) is 0 Å². The summed E-state index contributed by atoms with van der Waals surface area (Å²) in [6.45, 7) is 4.92. The number of nitriles is 1. The Bertz CT molecular complexity index is 260. The maximum absolute atomic E-state index is 11.7. The zero-order valence-electron chi connectivity index (χ0n) is 9.32. The summed E-state index contributed by atoms with van der Waals surface area (Å²) in [7, 11) is 0. The van der Waals surface area contributed by atoms with Crippen LogP contribution in [-0.4, -0.2) is 25.2 Å². The summed E-state index contributed by atoms with van der Waals surface area (Å²) in [6, 6.07) is 2.09. The van der Waals surface area contributed by atoms with Gasteiger partial charge in [-0.05, 0) is 19.8 Å². The van der Waals surface area contributed by atoms with Crippen LogP contribution in [-0.2, 0) is 9.53 Å². The summed E-state index contributed by atoms with van der Waals surface area (Å²) >= 11 is 0. The number of nitrogens with zero attached hydrogens (tertiary/aromatic N) is 1. The van der Waals surface area contributed by atoms with Crippen LogP contribution in [0.3, 0.4) is 0 Å². The lowest BCUT2D eigenvalue weighted by Crippen LogP contribution is -2.37. The third-order valence-electron chi connectivity index (χ3n) is 2.75. The number of rotatable bonds is 4. The van der Waals surface area contributed by atoms with E-state index >= 15 is 0 Å². The van der Waals surface area contributed by atoms with E-state index in [9.17, 15) is 4.79 Å². The Morgan fingerprint density at radius 3 is 3.07 bits per heavy atom. The Labute approximate surface area is 90.6 Å². The molecule has 1 rings (SSSR count). The van der Waals surface area contributed by atoms with Gasteiger partial charge in [0.2, 0.25) is 5.91 Å². The molecule has 0 radical (unpaired) electrons. The van der Waals surface area contributed by atoms with Crippen molar-refractivity contribution in [2.24, 2.45) is 11.8 Å². The second-order valence-electron chi connectivity index (χ2n) is 3.99. The van der Waals surface area contributed by atoms with Crippen LogP contribution in [0.4, 0.5) is 0 Å². The molecule has 0 aromatic carbocycles. The highest BCUT2D eigenvalue weighted by atomic mass is 16.5. The average molecular weight is 210 g/mol. The van der Waals surface area contributed by atoms with E-state index in [-0.39, 0.29) is 23.8 Å². The van der Waals surface area contributed by atoms with E-state index in [0.29, 0.717) is 13.2 Å². The first kappa shape index (κ1) is 12.0. The number of carbonyl (C=O) groups is 1. The zero-order valence-corrected chi connectivity index (χ0v) is 9.32. The molecule has 0 bridgehead atoms. The van der Waals surface area contributed by atoms with Gasteiger partial charge in [0.05, 0.1) is 24.0 Å². The van der Waals surface area contributed by atoms with Crippen molar-refractivity contribution in [2.45, 2.75) is 32.8 Å². The third kappa shape index (κ3) is 3.21. The largest absolute Gasteiger partial charge is 0.377 e. The average Bonchev–Trinajstić information content (AvgIpc) is 2.73. The van der Waals surface area contributed by atoms with Gasteiger partial charge in [0, 0.05) is 13.2 Å². The SMILES string of the molecule is CCC1OCCC1C(=O)NCC(C)C#N. The summed E-state index contributed by atoms with van der Waals surface area (Å²) in [5.74, 6) is -0.126. The third-order valence-corrected chi connectivity index (χ3v) is 2.75. The van der Waals surface area contributed by atoms with E-state index in [2.05, 4.69) is 11.4 Å². The second-order valence-corrected chi connectivity index (χ2v) is 3.99. The topological polar surface area (TPSA) is 62.1 Å². The van der Waals surface area contributed by atoms with Crippen LogP contribution in [0.2, 0.25) is 0 Å². The van der Waals surface area contributed by atoms with Crippen LogP contribution < -0.4 is 5.32 Å². The number of hydrogen-bond acceptors (Lipinski definition) is 3. The van der Waals surface area contributed by atoms with Crippen LogP contribution >= 0.6 is 0 Å². The van der Waals surface area contributed by atoms with Gasteiger partial charge < -0.3 is 10.1 Å². The van der Waals surface area contributed by atoms with Crippen molar-refractivity contribution in [3.8, 4) is 6.07 Å². The fraction of sp³-hybridized carbons (Fsp3) is 0.818. The molecular formula is C11H18N2O2. The molecule has 84 valence electrons. The highest BCUT2D eigenvalue weighted by Gasteiger charge is 2.32. The summed E-state index contributed by atoms with van der Waals surface area (Å²) in [5.41, 5.74) is 0. The Hall–Kier alpha value is -1.08. The first-order chi connectivity index (χ1) is 7.19. The molecule has 1 aliphatic heterocycles. The Morgan fingerprint density at radius 2 is 2.47 bits per heavy atom. The Morgan fingerprint density at radius 1 is 1.73 bits per heavy atom. The van der Waals surface area contributed by atoms with E-state index in [1.807, 2.05) is 6.92 Å². The summed E-state index contributed by atoms with van der Waals surface area (Å²) < 4.78 is 5.44. The van der Waals surface area contributed by atoms with Gasteiger partial charge >= 0.3 is 0 Å². The smallest absolute Gasteiger partial charge is 0.225 e. The van der Waals surface area contributed by atoms with Crippen molar-refractivity contribution in [1.82, 2.24) is 5.32 Å². The highest BCUT2D eigenvalue weighted by molar-refractivity contribution is 5.79. The van der Waals surface area contributed by atoms with Crippen molar-refractivity contribution < 1.29 is 9.53 Å². The molecule has 4 heteroatoms. The van der Waals surface area contributed by atoms with E-state index in [1.165, 1.54) is 0 Å². The molecule has 15 heavy (non-hydrogen) atoms.